The minimum atomic E-state index is -0.376. The second kappa shape index (κ2) is 9.90. The molecule has 2 aromatic heterocycles. The largest absolute Gasteiger partial charge is 0.378 e. The molecule has 3 heterocycles. The summed E-state index contributed by atoms with van der Waals surface area (Å²) in [5.74, 6) is 0.0576. The van der Waals surface area contributed by atoms with Crippen LogP contribution in [0, 0.1) is 5.41 Å². The van der Waals surface area contributed by atoms with Crippen LogP contribution in [0.4, 0.5) is 11.5 Å². The summed E-state index contributed by atoms with van der Waals surface area (Å²) in [5.41, 5.74) is 1.58. The molecule has 1 aliphatic heterocycles. The number of aromatic nitrogens is 1. The van der Waals surface area contributed by atoms with Crippen molar-refractivity contribution in [1.29, 1.82) is 5.41 Å². The van der Waals surface area contributed by atoms with E-state index >= 15 is 0 Å². The monoisotopic (exact) mass is 469 g/mol. The molecule has 0 spiro atoms. The molecule has 3 N–H and O–H groups in total. The average Bonchev–Trinajstić information content (AvgIpc) is 3.29. The van der Waals surface area contributed by atoms with Crippen molar-refractivity contribution in [1.82, 2.24) is 9.88 Å². The van der Waals surface area contributed by atoms with Gasteiger partial charge in [-0.1, -0.05) is 23.7 Å². The van der Waals surface area contributed by atoms with Crippen molar-refractivity contribution in [3.63, 3.8) is 0 Å². The Morgan fingerprint density at radius 1 is 1.00 bits per heavy atom. The zero-order valence-corrected chi connectivity index (χ0v) is 18.5. The molecule has 0 radical (unpaired) electrons. The molecule has 0 unspecified atom stereocenters. The van der Waals surface area contributed by atoms with Crippen LogP contribution in [-0.4, -0.2) is 53.8 Å². The molecule has 1 aromatic carbocycles. The molecule has 1 aliphatic rings. The van der Waals surface area contributed by atoms with Crippen LogP contribution in [0.15, 0.2) is 54.0 Å². The lowest BCUT2D eigenvalue weighted by Gasteiger charge is -2.29. The Hall–Kier alpha value is -3.27. The van der Waals surface area contributed by atoms with Gasteiger partial charge in [0.25, 0.3) is 11.8 Å². The lowest BCUT2D eigenvalue weighted by Crippen LogP contribution is -2.40. The predicted molar refractivity (Wildman–Crippen MR) is 125 cm³/mol. The molecule has 8 nitrogen and oxygen atoms in total. The third-order valence-corrected chi connectivity index (χ3v) is 5.97. The molecule has 10 heteroatoms. The van der Waals surface area contributed by atoms with Gasteiger partial charge in [0, 0.05) is 30.4 Å². The van der Waals surface area contributed by atoms with Crippen LogP contribution in [0.25, 0.3) is 0 Å². The number of amides is 2. The first-order valence-electron chi connectivity index (χ1n) is 9.85. The van der Waals surface area contributed by atoms with E-state index in [0.29, 0.717) is 59.1 Å². The number of nitrogens with zero attached hydrogens (tertiary/aromatic N) is 2. The number of benzene rings is 1. The Kier molecular flexibility index (Phi) is 6.79. The van der Waals surface area contributed by atoms with Crippen LogP contribution in [0.5, 0.6) is 0 Å². The number of hydrogen-bond acceptors (Lipinski definition) is 6. The van der Waals surface area contributed by atoms with Gasteiger partial charge < -0.3 is 20.3 Å². The van der Waals surface area contributed by atoms with E-state index in [1.54, 1.807) is 47.8 Å². The number of carbonyl (C=O) groups excluding carboxylic acids is 2. The van der Waals surface area contributed by atoms with Gasteiger partial charge in [0.05, 0.1) is 23.9 Å². The first-order chi connectivity index (χ1) is 15.5. The fourth-order valence-electron chi connectivity index (χ4n) is 3.15. The van der Waals surface area contributed by atoms with Crippen molar-refractivity contribution in [2.45, 2.75) is 0 Å². The molecule has 0 atom stereocenters. The number of hydrogen-bond donors (Lipinski definition) is 3. The number of halogens is 1. The number of anilines is 2. The maximum absolute atomic E-state index is 12.7. The van der Waals surface area contributed by atoms with Crippen molar-refractivity contribution in [3.8, 4) is 0 Å². The fraction of sp³-hybridized carbons (Fsp3) is 0.182. The molecule has 0 bridgehead atoms. The van der Waals surface area contributed by atoms with Crippen molar-refractivity contribution in [2.24, 2.45) is 0 Å². The van der Waals surface area contributed by atoms with Crippen molar-refractivity contribution in [2.75, 3.05) is 36.9 Å². The summed E-state index contributed by atoms with van der Waals surface area (Å²) in [6.45, 7) is 2.56. The van der Waals surface area contributed by atoms with E-state index in [4.69, 9.17) is 21.7 Å². The number of carbonyl (C=O) groups is 2. The van der Waals surface area contributed by atoms with Crippen LogP contribution >= 0.6 is 22.9 Å². The van der Waals surface area contributed by atoms with E-state index in [1.807, 2.05) is 4.90 Å². The summed E-state index contributed by atoms with van der Waals surface area (Å²) in [6, 6.07) is 11.7. The molecule has 1 saturated heterocycles. The van der Waals surface area contributed by atoms with E-state index in [2.05, 4.69) is 15.6 Å². The highest BCUT2D eigenvalue weighted by atomic mass is 35.5. The Bertz CT molecular complexity index is 1130. The van der Waals surface area contributed by atoms with Gasteiger partial charge in [0.1, 0.15) is 16.5 Å². The first kappa shape index (κ1) is 21.9. The number of thiophene rings is 1. The van der Waals surface area contributed by atoms with E-state index < -0.39 is 0 Å². The SMILES string of the molecule is N=C(c1ccc(C(=O)Nc2ccsc2C(=O)Nc2ccc(Cl)cn2)cc1)N1CCOCC1. The van der Waals surface area contributed by atoms with Gasteiger partial charge in [-0.25, -0.2) is 4.98 Å². The summed E-state index contributed by atoms with van der Waals surface area (Å²) in [7, 11) is 0. The van der Waals surface area contributed by atoms with Crippen molar-refractivity contribution in [3.05, 3.63) is 75.1 Å². The van der Waals surface area contributed by atoms with Gasteiger partial charge in [-0.3, -0.25) is 15.0 Å². The van der Waals surface area contributed by atoms with Crippen molar-refractivity contribution < 1.29 is 14.3 Å². The molecular formula is C22H20ClN5O3S. The van der Waals surface area contributed by atoms with Gasteiger partial charge in [0.2, 0.25) is 0 Å². The molecule has 4 rings (SSSR count). The number of pyridine rings is 1. The average molecular weight is 470 g/mol. The molecule has 0 saturated carbocycles. The lowest BCUT2D eigenvalue weighted by atomic mass is 10.1. The fourth-order valence-corrected chi connectivity index (χ4v) is 4.01. The predicted octanol–water partition coefficient (Wildman–Crippen LogP) is 3.96. The third kappa shape index (κ3) is 5.13. The van der Waals surface area contributed by atoms with E-state index in [1.165, 1.54) is 17.5 Å². The van der Waals surface area contributed by atoms with E-state index in [0.717, 1.165) is 5.56 Å². The summed E-state index contributed by atoms with van der Waals surface area (Å²) in [4.78, 5) is 31.7. The summed E-state index contributed by atoms with van der Waals surface area (Å²) in [6.07, 6.45) is 1.44. The van der Waals surface area contributed by atoms with E-state index in [9.17, 15) is 9.59 Å². The lowest BCUT2D eigenvalue weighted by molar-refractivity contribution is 0.0680. The maximum Gasteiger partial charge on any atom is 0.269 e. The minimum absolute atomic E-state index is 0.341. The minimum Gasteiger partial charge on any atom is -0.378 e. The number of ether oxygens (including phenoxy) is 1. The number of nitrogens with one attached hydrogen (secondary N) is 3. The van der Waals surface area contributed by atoms with Gasteiger partial charge >= 0.3 is 0 Å². The standard InChI is InChI=1S/C22H20ClN5O3S/c23-16-5-6-18(25-13-16)27-22(30)19-17(7-12-32-19)26-21(29)15-3-1-14(2-4-15)20(24)28-8-10-31-11-9-28/h1-7,12-13,24H,8-11H2,(H,26,29)(H,25,27,30). The quantitative estimate of drug-likeness (QED) is 0.387. The third-order valence-electron chi connectivity index (χ3n) is 4.84. The Morgan fingerprint density at radius 2 is 1.72 bits per heavy atom. The van der Waals surface area contributed by atoms with Gasteiger partial charge in [-0.2, -0.15) is 0 Å². The number of amidine groups is 1. The topological polar surface area (TPSA) is 107 Å². The van der Waals surface area contributed by atoms with Crippen LogP contribution in [-0.2, 0) is 4.74 Å². The van der Waals surface area contributed by atoms with Gasteiger partial charge in [-0.05, 0) is 35.7 Å². The Balaban J connectivity index is 1.41. The second-order valence-corrected chi connectivity index (χ2v) is 8.31. The highest BCUT2D eigenvalue weighted by Crippen LogP contribution is 2.24. The molecule has 2 amide bonds. The molecular weight excluding hydrogens is 450 g/mol. The second-order valence-electron chi connectivity index (χ2n) is 6.96. The summed E-state index contributed by atoms with van der Waals surface area (Å²) >= 11 is 7.03. The maximum atomic E-state index is 12.7. The van der Waals surface area contributed by atoms with E-state index in [-0.39, 0.29) is 11.8 Å². The smallest absolute Gasteiger partial charge is 0.269 e. The Labute approximate surface area is 193 Å². The normalized spacial score (nSPS) is 13.5. The van der Waals surface area contributed by atoms with Crippen LogP contribution in [0.2, 0.25) is 5.02 Å². The first-order valence-corrected chi connectivity index (χ1v) is 11.1. The molecule has 32 heavy (non-hydrogen) atoms. The highest BCUT2D eigenvalue weighted by molar-refractivity contribution is 7.12. The number of morpholine rings is 1. The molecule has 1 fully saturated rings. The summed E-state index contributed by atoms with van der Waals surface area (Å²) in [5, 5.41) is 16.0. The van der Waals surface area contributed by atoms with Crippen molar-refractivity contribution >= 4 is 52.1 Å². The highest BCUT2D eigenvalue weighted by Gasteiger charge is 2.18. The molecule has 164 valence electrons. The molecule has 3 aromatic rings. The molecule has 0 aliphatic carbocycles. The van der Waals surface area contributed by atoms with Gasteiger partial charge in [0.15, 0.2) is 0 Å². The number of rotatable bonds is 5. The zero-order chi connectivity index (χ0) is 22.5. The van der Waals surface area contributed by atoms with Crippen LogP contribution < -0.4 is 10.6 Å². The summed E-state index contributed by atoms with van der Waals surface area (Å²) < 4.78 is 5.32. The van der Waals surface area contributed by atoms with Crippen LogP contribution in [0.1, 0.15) is 25.6 Å². The van der Waals surface area contributed by atoms with Gasteiger partial charge in [-0.15, -0.1) is 11.3 Å². The van der Waals surface area contributed by atoms with Crippen LogP contribution in [0.3, 0.4) is 0 Å². The Morgan fingerprint density at radius 3 is 2.41 bits per heavy atom. The zero-order valence-electron chi connectivity index (χ0n) is 16.9.